The number of aliphatic hydroxyl groups excluding tert-OH is 1. The van der Waals surface area contributed by atoms with Gasteiger partial charge in [-0.15, -0.1) is 0 Å². The molecule has 1 saturated heterocycles. The number of phosphoric ester groups is 1. The molecule has 14 heteroatoms. The fraction of sp³-hybridized carbons (Fsp3) is 0.622. The van der Waals surface area contributed by atoms with Gasteiger partial charge < -0.3 is 48.2 Å². The van der Waals surface area contributed by atoms with Crippen molar-refractivity contribution >= 4 is 19.7 Å². The van der Waals surface area contributed by atoms with Gasteiger partial charge in [0.15, 0.2) is 11.5 Å². The molecule has 0 spiro atoms. The summed E-state index contributed by atoms with van der Waals surface area (Å²) in [7, 11) is -4.79. The van der Waals surface area contributed by atoms with Crippen LogP contribution in [-0.4, -0.2) is 90.0 Å². The lowest BCUT2D eigenvalue weighted by atomic mass is 9.70. The molecule has 1 aliphatic carbocycles. The number of nitrogens with one attached hydrogen (secondary N) is 1. The third kappa shape index (κ3) is 8.56. The first-order chi connectivity index (χ1) is 24.5. The number of phenols is 1. The molecular weight excluding hydrogens is 679 g/mol. The van der Waals surface area contributed by atoms with Gasteiger partial charge in [-0.25, -0.2) is 4.79 Å². The summed E-state index contributed by atoms with van der Waals surface area (Å²) in [5.41, 5.74) is 0.205. The molecule has 7 atom stereocenters. The van der Waals surface area contributed by atoms with Crippen LogP contribution in [0.25, 0.3) is 0 Å². The highest BCUT2D eigenvalue weighted by atomic mass is 31.2. The number of esters is 1. The van der Waals surface area contributed by atoms with Crippen LogP contribution in [0.3, 0.4) is 0 Å². The molecule has 3 heterocycles. The minimum absolute atomic E-state index is 0.0241. The smallest absolute Gasteiger partial charge is 0.338 e. The van der Waals surface area contributed by atoms with Crippen molar-refractivity contribution in [2.24, 2.45) is 0 Å². The van der Waals surface area contributed by atoms with Crippen molar-refractivity contribution in [2.45, 2.75) is 115 Å². The van der Waals surface area contributed by atoms with Crippen molar-refractivity contribution in [2.75, 3.05) is 33.0 Å². The van der Waals surface area contributed by atoms with Gasteiger partial charge >= 0.3 is 5.97 Å². The molecule has 282 valence electrons. The lowest BCUT2D eigenvalue weighted by Crippen LogP contribution is -2.66. The van der Waals surface area contributed by atoms with E-state index >= 15 is 0 Å². The molecule has 1 amide bonds. The number of benzene rings is 2. The molecule has 51 heavy (non-hydrogen) atoms. The molecule has 3 N–H and O–H groups in total. The molecule has 2 aromatic rings. The maximum atomic E-state index is 13.0. The van der Waals surface area contributed by atoms with Crippen LogP contribution in [0.4, 0.5) is 0 Å². The number of rotatable bonds is 14. The predicted molar refractivity (Wildman–Crippen MR) is 187 cm³/mol. The standard InChI is InChI=1S/C21H18NO11P.C16H36N/c23-14-12-9(6-10-16(14)30-7-29-10)11-13(22-20(12)25)18-19(33-34(27,28)32-18)15(24)17(11)31-21(26)8-4-2-1-3-5-8;1-5-9-13-17(14-10-6-2,15-11-7-3)16-12-8-4/h1-6,11,13,15,17-19,23-24H,7H2,(H,22,25)(H,27,28);5-16H2,1-4H3/q;+1/p-1/t11-,13-,15+,17-,18+,19-;/m1./s1. The summed E-state index contributed by atoms with van der Waals surface area (Å²) in [6.07, 6.45) is 5.33. The second kappa shape index (κ2) is 17.1. The molecule has 13 nitrogen and oxygen atoms in total. The van der Waals surface area contributed by atoms with Crippen LogP contribution < -0.4 is 19.7 Å². The van der Waals surface area contributed by atoms with Crippen LogP contribution in [0.15, 0.2) is 36.4 Å². The van der Waals surface area contributed by atoms with Gasteiger partial charge in [0, 0.05) is 5.92 Å². The molecule has 0 radical (unpaired) electrons. The van der Waals surface area contributed by atoms with Gasteiger partial charge in [0.25, 0.3) is 13.7 Å². The first-order valence-electron chi connectivity index (χ1n) is 18.4. The second-order valence-electron chi connectivity index (χ2n) is 13.9. The first-order valence-corrected chi connectivity index (χ1v) is 19.9. The van der Waals surface area contributed by atoms with Crippen molar-refractivity contribution in [1.29, 1.82) is 0 Å². The number of hydrogen-bond donors (Lipinski definition) is 3. The topological polar surface area (TPSA) is 173 Å². The average Bonchev–Trinajstić information content (AvgIpc) is 3.74. The third-order valence-corrected chi connectivity index (χ3v) is 11.3. The van der Waals surface area contributed by atoms with Crippen LogP contribution in [0, 0.1) is 0 Å². The summed E-state index contributed by atoms with van der Waals surface area (Å²) in [5.74, 6) is -2.89. The zero-order chi connectivity index (χ0) is 36.8. The number of hydrogen-bond acceptors (Lipinski definition) is 11. The van der Waals surface area contributed by atoms with E-state index in [1.807, 2.05) is 0 Å². The molecule has 4 aliphatic rings. The zero-order valence-electron chi connectivity index (χ0n) is 30.1. The maximum absolute atomic E-state index is 13.0. The van der Waals surface area contributed by atoms with Crippen molar-refractivity contribution in [3.05, 3.63) is 53.1 Å². The molecule has 0 aromatic heterocycles. The van der Waals surface area contributed by atoms with E-state index in [2.05, 4.69) is 33.0 Å². The number of aliphatic hydroxyl groups is 1. The molecular formula is C37H53N2O11P. The summed E-state index contributed by atoms with van der Waals surface area (Å²) in [4.78, 5) is 37.9. The van der Waals surface area contributed by atoms with Crippen molar-refractivity contribution < 1.29 is 57.0 Å². The lowest BCUT2D eigenvalue weighted by molar-refractivity contribution is -0.929. The number of carbonyl (C=O) groups excluding carboxylic acids is 2. The predicted octanol–water partition coefficient (Wildman–Crippen LogP) is 5.17. The van der Waals surface area contributed by atoms with Crippen LogP contribution in [0.2, 0.25) is 0 Å². The fourth-order valence-electron chi connectivity index (χ4n) is 7.64. The molecule has 2 fully saturated rings. The van der Waals surface area contributed by atoms with Gasteiger partial charge in [-0.3, -0.25) is 9.36 Å². The number of nitrogens with zero attached hydrogens (tertiary/aromatic N) is 1. The minimum Gasteiger partial charge on any atom is -0.756 e. The Balaban J connectivity index is 0.000000253. The molecule has 1 saturated carbocycles. The van der Waals surface area contributed by atoms with Crippen molar-refractivity contribution in [3.63, 3.8) is 0 Å². The molecule has 2 aromatic carbocycles. The highest BCUT2D eigenvalue weighted by molar-refractivity contribution is 7.46. The Labute approximate surface area is 300 Å². The van der Waals surface area contributed by atoms with Crippen molar-refractivity contribution in [1.82, 2.24) is 5.32 Å². The number of quaternary nitrogens is 1. The van der Waals surface area contributed by atoms with Gasteiger partial charge in [-0.2, -0.15) is 0 Å². The van der Waals surface area contributed by atoms with E-state index in [4.69, 9.17) is 23.3 Å². The van der Waals surface area contributed by atoms with Crippen molar-refractivity contribution in [3.8, 4) is 17.2 Å². The minimum atomic E-state index is -4.79. The van der Waals surface area contributed by atoms with Crippen LogP contribution in [-0.2, 0) is 18.3 Å². The summed E-state index contributed by atoms with van der Waals surface area (Å²) in [6, 6.07) is 8.36. The van der Waals surface area contributed by atoms with E-state index in [-0.39, 0.29) is 35.0 Å². The Kier molecular flexibility index (Phi) is 13.1. The summed E-state index contributed by atoms with van der Waals surface area (Å²) >= 11 is 0. The van der Waals surface area contributed by atoms with Gasteiger partial charge in [0.2, 0.25) is 12.5 Å². The van der Waals surface area contributed by atoms with Crippen LogP contribution >= 0.6 is 7.82 Å². The average molecular weight is 733 g/mol. The Morgan fingerprint density at radius 3 is 2.08 bits per heavy atom. The number of ether oxygens (including phenoxy) is 3. The number of phosphoric acid groups is 1. The molecule has 3 aliphatic heterocycles. The highest BCUT2D eigenvalue weighted by Gasteiger charge is 2.61. The number of unbranched alkanes of at least 4 members (excludes halogenated alkanes) is 4. The summed E-state index contributed by atoms with van der Waals surface area (Å²) in [6.45, 7) is 14.8. The number of carbonyl (C=O) groups is 2. The van der Waals surface area contributed by atoms with Gasteiger partial charge in [0.05, 0.1) is 43.3 Å². The zero-order valence-corrected chi connectivity index (χ0v) is 31.0. The van der Waals surface area contributed by atoms with Gasteiger partial charge in [-0.1, -0.05) is 71.6 Å². The Bertz CT molecular complexity index is 1520. The Morgan fingerprint density at radius 2 is 1.51 bits per heavy atom. The Morgan fingerprint density at radius 1 is 0.941 bits per heavy atom. The Hall–Kier alpha value is -3.19. The highest BCUT2D eigenvalue weighted by Crippen LogP contribution is 2.57. The van der Waals surface area contributed by atoms with E-state index in [0.29, 0.717) is 0 Å². The SMILES string of the molecule is CCCC[N+](CCCC)(CCCC)CCCC.O=C(O[C@H]1[C@H](O)[C@H]2OP(=O)([O-])O[C@H]2[C@@H]2NC(=O)c3c(cc4c(c3O)OCO4)[C@H]21)c1ccccc1. The van der Waals surface area contributed by atoms with E-state index in [1.165, 1.54) is 100 Å². The number of phenolic OH excluding ortho intramolecular Hbond substituents is 1. The van der Waals surface area contributed by atoms with E-state index in [0.717, 1.165) is 0 Å². The molecule has 6 rings (SSSR count). The van der Waals surface area contributed by atoms with E-state index in [1.54, 1.807) is 18.2 Å². The van der Waals surface area contributed by atoms with Crippen LogP contribution in [0.1, 0.15) is 111 Å². The number of fused-ring (bicyclic) bond motifs is 6. The first kappa shape index (κ1) is 39.0. The largest absolute Gasteiger partial charge is 0.756 e. The van der Waals surface area contributed by atoms with E-state index < -0.39 is 61.8 Å². The normalized spacial score (nSPS) is 27.4. The number of aromatic hydroxyl groups is 1. The summed E-state index contributed by atoms with van der Waals surface area (Å²) in [5, 5.41) is 24.4. The number of amides is 1. The lowest BCUT2D eigenvalue weighted by Gasteiger charge is -2.47. The second-order valence-corrected chi connectivity index (χ2v) is 15.2. The summed E-state index contributed by atoms with van der Waals surface area (Å²) < 4.78 is 39.8. The molecule has 0 bridgehead atoms. The van der Waals surface area contributed by atoms with Gasteiger partial charge in [0.1, 0.15) is 24.4 Å². The fourth-order valence-corrected chi connectivity index (χ4v) is 8.79. The molecule has 1 unspecified atom stereocenters. The van der Waals surface area contributed by atoms with E-state index in [9.17, 15) is 29.3 Å². The maximum Gasteiger partial charge on any atom is 0.338 e. The third-order valence-electron chi connectivity index (χ3n) is 10.3. The van der Waals surface area contributed by atoms with Crippen LogP contribution in [0.5, 0.6) is 17.2 Å². The quantitative estimate of drug-likeness (QED) is 0.133. The monoisotopic (exact) mass is 732 g/mol. The van der Waals surface area contributed by atoms with Gasteiger partial charge in [-0.05, 0) is 49.4 Å².